The minimum Gasteiger partial charge on any atom is -0.452 e. The van der Waals surface area contributed by atoms with E-state index in [1.165, 1.54) is 42.5 Å². The molecule has 0 fully saturated rings. The Balaban J connectivity index is 1.60. The van der Waals surface area contributed by atoms with Crippen molar-refractivity contribution < 1.29 is 22.1 Å². The first-order chi connectivity index (χ1) is 13.8. The topological polar surface area (TPSA) is 69.7 Å². The molecular weight excluding hydrogens is 435 g/mol. The molecule has 0 unspecified atom stereocenters. The highest BCUT2D eigenvalue weighted by Gasteiger charge is 2.28. The molecule has 0 N–H and O–H groups in total. The Morgan fingerprint density at radius 3 is 2.38 bits per heavy atom. The first kappa shape index (κ1) is 19.5. The van der Waals surface area contributed by atoms with E-state index in [2.05, 4.69) is 0 Å². The average molecular weight is 447 g/mol. The van der Waals surface area contributed by atoms with Crippen LogP contribution in [0.3, 0.4) is 0 Å². The first-order valence-electron chi connectivity index (χ1n) is 8.36. The molecule has 3 aromatic carbocycles. The van der Waals surface area contributed by atoms with Gasteiger partial charge in [-0.15, -0.1) is 0 Å². The van der Waals surface area contributed by atoms with E-state index in [9.17, 15) is 13.2 Å². The monoisotopic (exact) mass is 446 g/mol. The Morgan fingerprint density at radius 2 is 1.66 bits per heavy atom. The summed E-state index contributed by atoms with van der Waals surface area (Å²) in [4.78, 5) is 12.5. The fourth-order valence-electron chi connectivity index (χ4n) is 2.74. The zero-order valence-electron chi connectivity index (χ0n) is 14.6. The molecule has 5 nitrogen and oxygen atoms in total. The van der Waals surface area contributed by atoms with Crippen molar-refractivity contribution in [2.24, 2.45) is 0 Å². The van der Waals surface area contributed by atoms with E-state index in [1.807, 2.05) is 0 Å². The molecule has 0 aliphatic carbocycles. The number of ketones is 1. The van der Waals surface area contributed by atoms with Crippen molar-refractivity contribution in [3.8, 4) is 11.5 Å². The van der Waals surface area contributed by atoms with Gasteiger partial charge in [-0.05, 0) is 60.2 Å². The molecule has 0 aromatic heterocycles. The summed E-state index contributed by atoms with van der Waals surface area (Å²) in [6.45, 7) is 0. The zero-order valence-corrected chi connectivity index (χ0v) is 17.0. The van der Waals surface area contributed by atoms with Gasteiger partial charge in [0.1, 0.15) is 16.4 Å². The molecule has 29 heavy (non-hydrogen) atoms. The van der Waals surface area contributed by atoms with Crippen molar-refractivity contribution in [2.75, 3.05) is 0 Å². The lowest BCUT2D eigenvalue weighted by Gasteiger charge is -2.08. The number of rotatable bonds is 4. The maximum Gasteiger partial charge on any atom is 0.339 e. The van der Waals surface area contributed by atoms with Crippen LogP contribution >= 0.6 is 23.2 Å². The number of Topliss-reactive ketones (excluding diaryl/α,β-unsaturated/α-hetero) is 1. The highest BCUT2D eigenvalue weighted by Crippen LogP contribution is 2.35. The lowest BCUT2D eigenvalue weighted by molar-refractivity contribution is 0.101. The maximum atomic E-state index is 12.5. The summed E-state index contributed by atoms with van der Waals surface area (Å²) < 4.78 is 35.6. The van der Waals surface area contributed by atoms with E-state index in [1.54, 1.807) is 30.3 Å². The van der Waals surface area contributed by atoms with Crippen LogP contribution in [0.5, 0.6) is 11.5 Å². The Bertz CT molecular complexity index is 1250. The van der Waals surface area contributed by atoms with Crippen LogP contribution in [0.1, 0.15) is 15.9 Å². The summed E-state index contributed by atoms with van der Waals surface area (Å²) in [6.07, 6.45) is 1.57. The fourth-order valence-corrected chi connectivity index (χ4v) is 3.99. The van der Waals surface area contributed by atoms with E-state index in [-0.39, 0.29) is 27.9 Å². The second-order valence-corrected chi connectivity index (χ2v) is 8.56. The number of hydrogen-bond acceptors (Lipinski definition) is 5. The molecule has 8 heteroatoms. The van der Waals surface area contributed by atoms with E-state index in [0.717, 1.165) is 0 Å². The fraction of sp³-hybridized carbons (Fsp3) is 0. The zero-order chi connectivity index (χ0) is 20.6. The molecule has 0 saturated heterocycles. The van der Waals surface area contributed by atoms with Gasteiger partial charge in [0.25, 0.3) is 0 Å². The van der Waals surface area contributed by atoms with Gasteiger partial charge in [-0.3, -0.25) is 4.79 Å². The molecule has 1 heterocycles. The van der Waals surface area contributed by atoms with Crippen LogP contribution in [0.2, 0.25) is 10.0 Å². The molecule has 1 aliphatic rings. The van der Waals surface area contributed by atoms with Crippen LogP contribution in [0.25, 0.3) is 6.08 Å². The number of carbonyl (C=O) groups is 1. The Kier molecular flexibility index (Phi) is 5.08. The van der Waals surface area contributed by atoms with Crippen molar-refractivity contribution in [1.82, 2.24) is 0 Å². The van der Waals surface area contributed by atoms with E-state index in [4.69, 9.17) is 32.1 Å². The van der Waals surface area contributed by atoms with E-state index < -0.39 is 10.1 Å². The molecule has 0 saturated carbocycles. The van der Waals surface area contributed by atoms with Gasteiger partial charge in [-0.1, -0.05) is 35.3 Å². The third-order valence-electron chi connectivity index (χ3n) is 4.10. The minimum absolute atomic E-state index is 0.0236. The lowest BCUT2D eigenvalue weighted by Crippen LogP contribution is -2.09. The predicted octanol–water partition coefficient (Wildman–Crippen LogP) is 5.38. The number of fused-ring (bicyclic) bond motifs is 1. The van der Waals surface area contributed by atoms with E-state index >= 15 is 0 Å². The Hall–Kier alpha value is -2.80. The number of halogens is 2. The number of hydrogen-bond donors (Lipinski definition) is 0. The van der Waals surface area contributed by atoms with Crippen LogP contribution in [0.15, 0.2) is 77.4 Å². The normalized spacial score (nSPS) is 14.6. The van der Waals surface area contributed by atoms with Gasteiger partial charge in [0.15, 0.2) is 5.76 Å². The standard InChI is InChI=1S/C21H12Cl2O5S/c22-14-4-7-17(8-5-14)29(25,26)28-16-6-9-18-19(12-16)27-20(21(18)24)11-13-2-1-3-15(23)10-13/h1-12H/b20-11-. The van der Waals surface area contributed by atoms with Crippen LogP contribution in [-0.2, 0) is 10.1 Å². The predicted molar refractivity (Wildman–Crippen MR) is 110 cm³/mol. The number of allylic oxidation sites excluding steroid dienone is 1. The van der Waals surface area contributed by atoms with Gasteiger partial charge in [-0.2, -0.15) is 8.42 Å². The lowest BCUT2D eigenvalue weighted by atomic mass is 10.1. The van der Waals surface area contributed by atoms with Gasteiger partial charge in [0.05, 0.1) is 5.56 Å². The molecule has 1 aliphatic heterocycles. The second kappa shape index (κ2) is 7.55. The summed E-state index contributed by atoms with van der Waals surface area (Å²) in [5.41, 5.74) is 1.02. The molecule has 146 valence electrons. The van der Waals surface area contributed by atoms with Gasteiger partial charge < -0.3 is 8.92 Å². The highest BCUT2D eigenvalue weighted by atomic mass is 35.5. The number of carbonyl (C=O) groups excluding carboxylic acids is 1. The van der Waals surface area contributed by atoms with Crippen molar-refractivity contribution in [1.29, 1.82) is 0 Å². The molecule has 4 rings (SSSR count). The average Bonchev–Trinajstić information content (AvgIpc) is 2.97. The van der Waals surface area contributed by atoms with Crippen molar-refractivity contribution in [2.45, 2.75) is 4.90 Å². The third-order valence-corrected chi connectivity index (χ3v) is 5.84. The highest BCUT2D eigenvalue weighted by molar-refractivity contribution is 7.87. The van der Waals surface area contributed by atoms with Gasteiger partial charge in [0.2, 0.25) is 5.78 Å². The van der Waals surface area contributed by atoms with Gasteiger partial charge in [-0.25, -0.2) is 0 Å². The molecule has 0 amide bonds. The summed E-state index contributed by atoms with van der Waals surface area (Å²) in [6, 6.07) is 16.8. The summed E-state index contributed by atoms with van der Waals surface area (Å²) in [5, 5.41) is 0.942. The SMILES string of the molecule is O=C1/C(=C/c2cccc(Cl)c2)Oc2cc(OS(=O)(=O)c3ccc(Cl)cc3)ccc21. The van der Waals surface area contributed by atoms with Crippen LogP contribution in [-0.4, -0.2) is 14.2 Å². The molecule has 0 spiro atoms. The van der Waals surface area contributed by atoms with Crippen LogP contribution in [0, 0.1) is 0 Å². The largest absolute Gasteiger partial charge is 0.452 e. The van der Waals surface area contributed by atoms with E-state index in [0.29, 0.717) is 21.2 Å². The maximum absolute atomic E-state index is 12.5. The molecule has 0 atom stereocenters. The van der Waals surface area contributed by atoms with Gasteiger partial charge >= 0.3 is 10.1 Å². The van der Waals surface area contributed by atoms with Crippen LogP contribution < -0.4 is 8.92 Å². The second-order valence-electron chi connectivity index (χ2n) is 6.14. The Labute approximate surface area is 177 Å². The number of benzene rings is 3. The number of ether oxygens (including phenoxy) is 1. The minimum atomic E-state index is -4.06. The summed E-state index contributed by atoms with van der Waals surface area (Å²) >= 11 is 11.7. The summed E-state index contributed by atoms with van der Waals surface area (Å²) in [7, 11) is -4.06. The first-order valence-corrected chi connectivity index (χ1v) is 10.5. The van der Waals surface area contributed by atoms with Crippen molar-refractivity contribution in [3.05, 3.63) is 93.7 Å². The summed E-state index contributed by atoms with van der Waals surface area (Å²) in [5.74, 6) is 0.0367. The molecule has 0 radical (unpaired) electrons. The smallest absolute Gasteiger partial charge is 0.339 e. The molecular formula is C21H12Cl2O5S. The third kappa shape index (κ3) is 4.15. The van der Waals surface area contributed by atoms with Crippen LogP contribution in [0.4, 0.5) is 0 Å². The molecule has 3 aromatic rings. The van der Waals surface area contributed by atoms with Gasteiger partial charge in [0, 0.05) is 16.1 Å². The van der Waals surface area contributed by atoms with Crippen molar-refractivity contribution >= 4 is 45.2 Å². The molecule has 0 bridgehead atoms. The quantitative estimate of drug-likeness (QED) is 0.397. The van der Waals surface area contributed by atoms with Crippen molar-refractivity contribution in [3.63, 3.8) is 0 Å². The Morgan fingerprint density at radius 1 is 0.897 bits per heavy atom.